The van der Waals surface area contributed by atoms with Crippen molar-refractivity contribution in [2.24, 2.45) is 0 Å². The molecule has 0 saturated carbocycles. The third-order valence-electron chi connectivity index (χ3n) is 3.62. The van der Waals surface area contributed by atoms with Crippen LogP contribution in [0.4, 0.5) is 11.4 Å². The summed E-state index contributed by atoms with van der Waals surface area (Å²) in [6, 6.07) is 11.2. The summed E-state index contributed by atoms with van der Waals surface area (Å²) in [6.07, 6.45) is 0.990. The molecule has 3 rings (SSSR count). The fraction of sp³-hybridized carbons (Fsp3) is 0. The van der Waals surface area contributed by atoms with Crippen molar-refractivity contribution in [2.45, 2.75) is 0 Å². The number of aromatic amines is 1. The molecule has 0 saturated heterocycles. The van der Waals surface area contributed by atoms with Gasteiger partial charge in [-0.2, -0.15) is 0 Å². The Hall–Kier alpha value is -3.72. The van der Waals surface area contributed by atoms with Crippen molar-refractivity contribution in [1.29, 1.82) is 0 Å². The van der Waals surface area contributed by atoms with Crippen LogP contribution in [0.15, 0.2) is 64.3 Å². The van der Waals surface area contributed by atoms with Crippen molar-refractivity contribution in [1.82, 2.24) is 9.55 Å². The van der Waals surface area contributed by atoms with Gasteiger partial charge in [-0.25, -0.2) is 9.36 Å². The lowest BCUT2D eigenvalue weighted by Gasteiger charge is -2.08. The van der Waals surface area contributed by atoms with E-state index in [1.54, 1.807) is 0 Å². The van der Waals surface area contributed by atoms with Gasteiger partial charge in [0.15, 0.2) is 0 Å². The van der Waals surface area contributed by atoms with Crippen LogP contribution < -0.4 is 16.6 Å². The molecule has 2 aromatic carbocycles. The Kier molecular flexibility index (Phi) is 4.86. The smallest absolute Gasteiger partial charge is 0.322 e. The number of amides is 1. The predicted octanol–water partition coefficient (Wildman–Crippen LogP) is 2.34. The van der Waals surface area contributed by atoms with Gasteiger partial charge in [-0.3, -0.25) is 19.7 Å². The molecule has 0 bridgehead atoms. The zero-order valence-electron chi connectivity index (χ0n) is 13.5. The number of nitro benzene ring substituents is 1. The van der Waals surface area contributed by atoms with E-state index in [2.05, 4.69) is 10.3 Å². The first-order chi connectivity index (χ1) is 12.9. The van der Waals surface area contributed by atoms with Gasteiger partial charge in [-0.1, -0.05) is 17.7 Å². The van der Waals surface area contributed by atoms with E-state index in [1.165, 1.54) is 42.5 Å². The third kappa shape index (κ3) is 3.77. The standard InChI is InChI=1S/C17H11ClN4O5/c18-10-4-6-12(7-5-10)21-16(24)14(9-19-17(21)25)15(23)20-11-2-1-3-13(8-11)22(26)27/h1-9H,(H,19,25)(H,20,23). The number of aromatic nitrogens is 2. The zero-order chi connectivity index (χ0) is 19.6. The molecule has 0 radical (unpaired) electrons. The Bertz CT molecular complexity index is 1150. The molecule has 1 amide bonds. The van der Waals surface area contributed by atoms with Gasteiger partial charge in [-0.05, 0) is 30.3 Å². The van der Waals surface area contributed by atoms with Crippen molar-refractivity contribution in [2.75, 3.05) is 5.32 Å². The van der Waals surface area contributed by atoms with Crippen LogP contribution in [0.5, 0.6) is 0 Å². The van der Waals surface area contributed by atoms with Crippen LogP contribution in [-0.4, -0.2) is 20.4 Å². The minimum absolute atomic E-state index is 0.137. The molecule has 0 aliphatic heterocycles. The Balaban J connectivity index is 1.99. The Morgan fingerprint density at radius 1 is 1.15 bits per heavy atom. The van der Waals surface area contributed by atoms with Crippen LogP contribution >= 0.6 is 11.6 Å². The SMILES string of the molecule is O=C(Nc1cccc([N+](=O)[O-])c1)c1c[nH]c(=O)n(-c2ccc(Cl)cc2)c1=O. The Morgan fingerprint density at radius 2 is 1.85 bits per heavy atom. The number of benzene rings is 2. The van der Waals surface area contributed by atoms with Crippen molar-refractivity contribution < 1.29 is 9.72 Å². The lowest BCUT2D eigenvalue weighted by Crippen LogP contribution is -2.38. The van der Waals surface area contributed by atoms with Crippen molar-refractivity contribution in [3.63, 3.8) is 0 Å². The summed E-state index contributed by atoms with van der Waals surface area (Å²) < 4.78 is 0.790. The number of rotatable bonds is 4. The highest BCUT2D eigenvalue weighted by molar-refractivity contribution is 6.30. The highest BCUT2D eigenvalue weighted by atomic mass is 35.5. The first-order valence-electron chi connectivity index (χ1n) is 7.53. The van der Waals surface area contributed by atoms with Gasteiger partial charge in [0.25, 0.3) is 17.2 Å². The number of nitrogens with zero attached hydrogens (tertiary/aromatic N) is 2. The number of hydrogen-bond donors (Lipinski definition) is 2. The molecule has 2 N–H and O–H groups in total. The molecule has 0 fully saturated rings. The summed E-state index contributed by atoms with van der Waals surface area (Å²) in [4.78, 5) is 49.6. The topological polar surface area (TPSA) is 127 Å². The summed E-state index contributed by atoms with van der Waals surface area (Å²) in [5.41, 5.74) is -1.75. The van der Waals surface area contributed by atoms with Gasteiger partial charge in [0.05, 0.1) is 10.6 Å². The van der Waals surface area contributed by atoms with E-state index in [4.69, 9.17) is 11.6 Å². The number of hydrogen-bond acceptors (Lipinski definition) is 5. The van der Waals surface area contributed by atoms with Gasteiger partial charge < -0.3 is 10.3 Å². The van der Waals surface area contributed by atoms with E-state index in [0.717, 1.165) is 16.8 Å². The molecule has 0 atom stereocenters. The molecule has 0 spiro atoms. The fourth-order valence-corrected chi connectivity index (χ4v) is 2.48. The summed E-state index contributed by atoms with van der Waals surface area (Å²) in [5, 5.41) is 13.6. The van der Waals surface area contributed by atoms with Crippen molar-refractivity contribution >= 4 is 28.9 Å². The summed E-state index contributed by atoms with van der Waals surface area (Å²) in [6.45, 7) is 0. The van der Waals surface area contributed by atoms with E-state index < -0.39 is 22.1 Å². The van der Waals surface area contributed by atoms with Crippen LogP contribution in [0, 0.1) is 10.1 Å². The van der Waals surface area contributed by atoms with Gasteiger partial charge >= 0.3 is 5.69 Å². The first-order valence-corrected chi connectivity index (χ1v) is 7.91. The Morgan fingerprint density at radius 3 is 2.52 bits per heavy atom. The quantitative estimate of drug-likeness (QED) is 0.525. The van der Waals surface area contributed by atoms with Crippen LogP contribution in [-0.2, 0) is 0 Å². The van der Waals surface area contributed by atoms with E-state index in [-0.39, 0.29) is 22.6 Å². The summed E-state index contributed by atoms with van der Waals surface area (Å²) in [7, 11) is 0. The summed E-state index contributed by atoms with van der Waals surface area (Å²) >= 11 is 5.80. The molecule has 136 valence electrons. The van der Waals surface area contributed by atoms with Crippen LogP contribution in [0.25, 0.3) is 5.69 Å². The maximum atomic E-state index is 12.6. The van der Waals surface area contributed by atoms with Gasteiger partial charge in [0.2, 0.25) is 0 Å². The molecule has 3 aromatic rings. The second-order valence-corrected chi connectivity index (χ2v) is 5.82. The molecule has 10 heteroatoms. The van der Waals surface area contributed by atoms with Crippen LogP contribution in [0.2, 0.25) is 5.02 Å². The second kappa shape index (κ2) is 7.26. The molecule has 27 heavy (non-hydrogen) atoms. The first kappa shape index (κ1) is 18.1. The number of nitrogens with one attached hydrogen (secondary N) is 2. The molecule has 1 heterocycles. The van der Waals surface area contributed by atoms with E-state index in [9.17, 15) is 24.5 Å². The number of nitro groups is 1. The lowest BCUT2D eigenvalue weighted by atomic mass is 10.2. The lowest BCUT2D eigenvalue weighted by molar-refractivity contribution is -0.384. The Labute approximate surface area is 156 Å². The van der Waals surface area contributed by atoms with Crippen LogP contribution in [0.3, 0.4) is 0 Å². The van der Waals surface area contributed by atoms with E-state index >= 15 is 0 Å². The second-order valence-electron chi connectivity index (χ2n) is 5.39. The van der Waals surface area contributed by atoms with Gasteiger partial charge in [0, 0.05) is 29.0 Å². The van der Waals surface area contributed by atoms with Crippen molar-refractivity contribution in [3.05, 3.63) is 96.3 Å². The largest absolute Gasteiger partial charge is 0.333 e. The van der Waals surface area contributed by atoms with Crippen LogP contribution in [0.1, 0.15) is 10.4 Å². The number of non-ortho nitro benzene ring substituents is 1. The number of H-pyrrole nitrogens is 1. The number of carbonyl (C=O) groups is 1. The molecule has 0 aliphatic rings. The van der Waals surface area contributed by atoms with Gasteiger partial charge in [0.1, 0.15) is 5.56 Å². The monoisotopic (exact) mass is 386 g/mol. The highest BCUT2D eigenvalue weighted by Gasteiger charge is 2.17. The third-order valence-corrected chi connectivity index (χ3v) is 3.87. The molecular weight excluding hydrogens is 376 g/mol. The molecular formula is C17H11ClN4O5. The number of halogens is 1. The zero-order valence-corrected chi connectivity index (χ0v) is 14.3. The normalized spacial score (nSPS) is 10.4. The average Bonchev–Trinajstić information content (AvgIpc) is 2.63. The van der Waals surface area contributed by atoms with E-state index in [1.807, 2.05) is 0 Å². The fourth-order valence-electron chi connectivity index (χ4n) is 2.36. The molecule has 0 aliphatic carbocycles. The minimum Gasteiger partial charge on any atom is -0.322 e. The van der Waals surface area contributed by atoms with E-state index in [0.29, 0.717) is 5.02 Å². The molecule has 9 nitrogen and oxygen atoms in total. The average molecular weight is 387 g/mol. The summed E-state index contributed by atoms with van der Waals surface area (Å²) in [5.74, 6) is -0.820. The maximum Gasteiger partial charge on any atom is 0.333 e. The van der Waals surface area contributed by atoms with Gasteiger partial charge in [-0.15, -0.1) is 0 Å². The highest BCUT2D eigenvalue weighted by Crippen LogP contribution is 2.17. The minimum atomic E-state index is -0.844. The molecule has 0 unspecified atom stereocenters. The number of anilines is 1. The maximum absolute atomic E-state index is 12.6. The predicted molar refractivity (Wildman–Crippen MR) is 98.7 cm³/mol. The van der Waals surface area contributed by atoms with Crippen molar-refractivity contribution in [3.8, 4) is 5.69 Å². The molecule has 1 aromatic heterocycles. The number of carbonyl (C=O) groups excluding carboxylic acids is 1.